The predicted octanol–water partition coefficient (Wildman–Crippen LogP) is 2.33. The van der Waals surface area contributed by atoms with Crippen molar-refractivity contribution in [3.63, 3.8) is 0 Å². The van der Waals surface area contributed by atoms with Crippen molar-refractivity contribution in [3.8, 4) is 0 Å². The second-order valence-corrected chi connectivity index (χ2v) is 7.96. The summed E-state index contributed by atoms with van der Waals surface area (Å²) >= 11 is 0. The second kappa shape index (κ2) is 6.01. The van der Waals surface area contributed by atoms with Gasteiger partial charge >= 0.3 is 0 Å². The van der Waals surface area contributed by atoms with E-state index in [1.165, 1.54) is 7.05 Å². The van der Waals surface area contributed by atoms with Gasteiger partial charge in [0.15, 0.2) is 0 Å². The highest BCUT2D eigenvalue weighted by atomic mass is 32.2. The average molecular weight is 325 g/mol. The van der Waals surface area contributed by atoms with E-state index in [2.05, 4.69) is 0 Å². The van der Waals surface area contributed by atoms with Gasteiger partial charge in [-0.1, -0.05) is 17.7 Å². The van der Waals surface area contributed by atoms with Crippen LogP contribution in [0.15, 0.2) is 17.0 Å². The van der Waals surface area contributed by atoms with E-state index >= 15 is 0 Å². The molecule has 6 heteroatoms. The van der Waals surface area contributed by atoms with E-state index in [9.17, 15) is 13.2 Å². The van der Waals surface area contributed by atoms with E-state index < -0.39 is 22.0 Å². The van der Waals surface area contributed by atoms with Crippen LogP contribution >= 0.6 is 0 Å². The average Bonchev–Trinajstić information content (AvgIpc) is 2.82. The zero-order chi connectivity index (χ0) is 16.7. The third-order valence-electron chi connectivity index (χ3n) is 4.04. The van der Waals surface area contributed by atoms with Crippen molar-refractivity contribution >= 4 is 15.9 Å². The maximum atomic E-state index is 12.8. The van der Waals surface area contributed by atoms with E-state index in [0.29, 0.717) is 17.5 Å². The van der Waals surface area contributed by atoms with Crippen LogP contribution in [-0.2, 0) is 19.6 Å². The first-order valence-corrected chi connectivity index (χ1v) is 8.84. The summed E-state index contributed by atoms with van der Waals surface area (Å²) in [6.45, 7) is 7.30. The highest BCUT2D eigenvalue weighted by Gasteiger charge is 2.36. The summed E-state index contributed by atoms with van der Waals surface area (Å²) in [6, 6.07) is 3.62. The van der Waals surface area contributed by atoms with Gasteiger partial charge in [-0.2, -0.15) is 0 Å². The second-order valence-electron chi connectivity index (χ2n) is 6.05. The molecule has 1 aromatic rings. The lowest BCUT2D eigenvalue weighted by Crippen LogP contribution is -2.40. The Morgan fingerprint density at radius 3 is 2.18 bits per heavy atom. The minimum absolute atomic E-state index is 0.00657. The number of rotatable bonds is 3. The molecule has 0 spiro atoms. The van der Waals surface area contributed by atoms with Gasteiger partial charge in [0, 0.05) is 7.05 Å². The molecule has 1 aliphatic rings. The molecular weight excluding hydrogens is 302 g/mol. The molecule has 1 aromatic carbocycles. The molecule has 1 amide bonds. The highest BCUT2D eigenvalue weighted by molar-refractivity contribution is 7.89. The molecule has 5 nitrogen and oxygen atoms in total. The summed E-state index contributed by atoms with van der Waals surface area (Å²) in [5.41, 5.74) is 2.30. The number of amides is 1. The molecule has 0 bridgehead atoms. The van der Waals surface area contributed by atoms with Crippen LogP contribution in [0.2, 0.25) is 0 Å². The maximum absolute atomic E-state index is 12.8. The number of nitrogens with zero attached hydrogens (tertiary/aromatic N) is 1. The van der Waals surface area contributed by atoms with Crippen molar-refractivity contribution in [1.29, 1.82) is 0 Å². The fourth-order valence-corrected chi connectivity index (χ4v) is 4.58. The Morgan fingerprint density at radius 2 is 1.73 bits per heavy atom. The molecule has 1 aliphatic heterocycles. The lowest BCUT2D eigenvalue weighted by Gasteiger charge is -2.23. The standard InChI is InChI=1S/C16H23NO4S/c1-10-8-11(2)15(12(3)9-10)22(19,20)17(5)16(18)14-7-6-13(4)21-14/h8-9,13-14H,6-7H2,1-5H3/t13-,14-/m0/s1. The molecule has 0 aromatic heterocycles. The number of carbonyl (C=O) groups excluding carboxylic acids is 1. The molecule has 0 unspecified atom stereocenters. The van der Waals surface area contributed by atoms with Gasteiger partial charge in [-0.15, -0.1) is 0 Å². The van der Waals surface area contributed by atoms with E-state index in [-0.39, 0.29) is 11.0 Å². The first-order chi connectivity index (χ1) is 10.1. The molecule has 2 rings (SSSR count). The Kier molecular flexibility index (Phi) is 4.63. The summed E-state index contributed by atoms with van der Waals surface area (Å²) in [7, 11) is -2.56. The van der Waals surface area contributed by atoms with Gasteiger partial charge in [-0.25, -0.2) is 12.7 Å². The predicted molar refractivity (Wildman–Crippen MR) is 84.2 cm³/mol. The van der Waals surface area contributed by atoms with E-state index in [0.717, 1.165) is 16.3 Å². The van der Waals surface area contributed by atoms with E-state index in [1.807, 2.05) is 26.0 Å². The largest absolute Gasteiger partial charge is 0.365 e. The van der Waals surface area contributed by atoms with Crippen LogP contribution in [0.4, 0.5) is 0 Å². The van der Waals surface area contributed by atoms with Gasteiger partial charge < -0.3 is 4.74 Å². The number of hydrogen-bond donors (Lipinski definition) is 0. The molecule has 2 atom stereocenters. The molecule has 22 heavy (non-hydrogen) atoms. The minimum Gasteiger partial charge on any atom is -0.365 e. The Bertz CT molecular complexity index is 673. The van der Waals surface area contributed by atoms with Crippen LogP contribution < -0.4 is 0 Å². The summed E-state index contributed by atoms with van der Waals surface area (Å²) in [6.07, 6.45) is 0.659. The third kappa shape index (κ3) is 3.03. The third-order valence-corrected chi connectivity index (χ3v) is 6.10. The number of sulfonamides is 1. The van der Waals surface area contributed by atoms with Crippen molar-refractivity contribution in [2.75, 3.05) is 7.05 Å². The Morgan fingerprint density at radius 1 is 1.18 bits per heavy atom. The van der Waals surface area contributed by atoms with Gasteiger partial charge in [-0.05, 0) is 51.7 Å². The lowest BCUT2D eigenvalue weighted by molar-refractivity contribution is -0.136. The van der Waals surface area contributed by atoms with Crippen LogP contribution in [0.5, 0.6) is 0 Å². The molecule has 122 valence electrons. The maximum Gasteiger partial charge on any atom is 0.266 e. The van der Waals surface area contributed by atoms with Crippen molar-refractivity contribution in [2.45, 2.75) is 57.6 Å². The Labute approximate surface area is 132 Å². The number of aryl methyl sites for hydroxylation is 3. The van der Waals surface area contributed by atoms with Crippen LogP contribution in [-0.4, -0.2) is 37.9 Å². The quantitative estimate of drug-likeness (QED) is 0.855. The fraction of sp³-hybridized carbons (Fsp3) is 0.562. The normalized spacial score (nSPS) is 21.9. The summed E-state index contributed by atoms with van der Waals surface area (Å²) < 4.78 is 32.0. The summed E-state index contributed by atoms with van der Waals surface area (Å²) in [4.78, 5) is 12.6. The number of benzene rings is 1. The van der Waals surface area contributed by atoms with Gasteiger partial charge in [0.1, 0.15) is 6.10 Å². The van der Waals surface area contributed by atoms with Gasteiger partial charge in [0.2, 0.25) is 0 Å². The summed E-state index contributed by atoms with van der Waals surface area (Å²) in [5, 5.41) is 0. The Hall–Kier alpha value is -1.40. The number of likely N-dealkylation sites (N-methyl/N-ethyl adjacent to an activating group) is 1. The lowest BCUT2D eigenvalue weighted by atomic mass is 10.1. The van der Waals surface area contributed by atoms with Gasteiger partial charge in [-0.3, -0.25) is 4.79 Å². The van der Waals surface area contributed by atoms with E-state index in [4.69, 9.17) is 4.74 Å². The number of ether oxygens (including phenoxy) is 1. The molecule has 1 heterocycles. The zero-order valence-electron chi connectivity index (χ0n) is 13.7. The van der Waals surface area contributed by atoms with E-state index in [1.54, 1.807) is 13.8 Å². The molecular formula is C16H23NO4S. The summed E-state index contributed by atoms with van der Waals surface area (Å²) in [5.74, 6) is -0.497. The molecule has 0 N–H and O–H groups in total. The van der Waals surface area contributed by atoms with Gasteiger partial charge in [0.05, 0.1) is 11.0 Å². The number of carbonyl (C=O) groups is 1. The molecule has 0 saturated carbocycles. The van der Waals surface area contributed by atoms with Crippen molar-refractivity contribution < 1.29 is 17.9 Å². The number of hydrogen-bond acceptors (Lipinski definition) is 4. The fourth-order valence-electron chi connectivity index (χ4n) is 3.02. The smallest absolute Gasteiger partial charge is 0.266 e. The highest BCUT2D eigenvalue weighted by Crippen LogP contribution is 2.27. The van der Waals surface area contributed by atoms with Crippen LogP contribution in [0.25, 0.3) is 0 Å². The van der Waals surface area contributed by atoms with Crippen molar-refractivity contribution in [3.05, 3.63) is 28.8 Å². The topological polar surface area (TPSA) is 63.7 Å². The molecule has 1 saturated heterocycles. The van der Waals surface area contributed by atoms with Crippen LogP contribution in [0.3, 0.4) is 0 Å². The first-order valence-electron chi connectivity index (χ1n) is 7.40. The first kappa shape index (κ1) is 17.0. The SMILES string of the molecule is Cc1cc(C)c(S(=O)(=O)N(C)C(=O)[C@@H]2CC[C@H](C)O2)c(C)c1. The Balaban J connectivity index is 2.36. The van der Waals surface area contributed by atoms with Crippen LogP contribution in [0.1, 0.15) is 36.5 Å². The minimum atomic E-state index is -3.87. The molecule has 0 radical (unpaired) electrons. The van der Waals surface area contributed by atoms with Gasteiger partial charge in [0.25, 0.3) is 15.9 Å². The monoisotopic (exact) mass is 325 g/mol. The van der Waals surface area contributed by atoms with Crippen molar-refractivity contribution in [2.24, 2.45) is 0 Å². The van der Waals surface area contributed by atoms with Crippen LogP contribution in [0, 0.1) is 20.8 Å². The zero-order valence-corrected chi connectivity index (χ0v) is 14.5. The van der Waals surface area contributed by atoms with Crippen molar-refractivity contribution in [1.82, 2.24) is 4.31 Å². The molecule has 0 aliphatic carbocycles. The molecule has 1 fully saturated rings.